The number of carbonyl (C=O) groups is 1. The topological polar surface area (TPSA) is 92.3 Å². The Morgan fingerprint density at radius 1 is 1.04 bits per heavy atom. The smallest absolute Gasteiger partial charge is 0.321 e. The van der Waals surface area contributed by atoms with Gasteiger partial charge in [0.2, 0.25) is 0 Å². The van der Waals surface area contributed by atoms with Crippen LogP contribution < -0.4 is 15.5 Å². The number of para-hydroxylation sites is 1. The van der Waals surface area contributed by atoms with Crippen molar-refractivity contribution in [2.45, 2.75) is 95.7 Å². The van der Waals surface area contributed by atoms with Crippen LogP contribution in [0.15, 0.2) is 83.8 Å². The summed E-state index contributed by atoms with van der Waals surface area (Å²) in [6.45, 7) is 6.98. The summed E-state index contributed by atoms with van der Waals surface area (Å²) in [5, 5.41) is 5.60. The van der Waals surface area contributed by atoms with Gasteiger partial charge in [-0.3, -0.25) is 4.18 Å². The highest BCUT2D eigenvalue weighted by Crippen LogP contribution is 2.35. The molecule has 1 saturated heterocycles. The first-order valence-corrected chi connectivity index (χ1v) is 18.9. The number of carbonyl (C=O) groups excluding carboxylic acids is 1. The van der Waals surface area contributed by atoms with Gasteiger partial charge in [0.25, 0.3) is 0 Å². The lowest BCUT2D eigenvalue weighted by atomic mass is 9.96. The molecule has 5 rings (SSSR count). The Labute approximate surface area is 297 Å². The molecule has 0 radical (unpaired) electrons. The number of aryl methyl sites for hydroxylation is 1. The average molecular weight is 698 g/mol. The van der Waals surface area contributed by atoms with Crippen LogP contribution in [0.25, 0.3) is 0 Å². The Morgan fingerprint density at radius 3 is 2.46 bits per heavy atom. The van der Waals surface area contributed by atoms with Crippen LogP contribution in [0.4, 0.5) is 16.2 Å². The number of nitrogens with zero attached hydrogens (tertiary/aromatic N) is 1. The zero-order valence-corrected chi connectivity index (χ0v) is 30.9. The number of unbranched alkanes of at least 4 members (excludes halogenated alkanes) is 1. The number of ether oxygens (including phenoxy) is 2. The average Bonchev–Trinajstić information content (AvgIpc) is 3.32. The highest BCUT2D eigenvalue weighted by molar-refractivity contribution is 7.99. The number of hydrogen-bond donors (Lipinski definition) is 3. The van der Waals surface area contributed by atoms with Gasteiger partial charge >= 0.3 is 6.03 Å². The molecule has 0 bridgehead atoms. The predicted molar refractivity (Wildman–Crippen MR) is 202 cm³/mol. The molecule has 3 N–H and O–H groups in total. The van der Waals surface area contributed by atoms with Gasteiger partial charge in [-0.15, -0.1) is 11.8 Å². The Hall–Kier alpha value is -2.73. The van der Waals surface area contributed by atoms with Crippen LogP contribution in [0.5, 0.6) is 0 Å². The number of urea groups is 1. The predicted octanol–water partition coefficient (Wildman–Crippen LogP) is 9.66. The molecule has 3 aromatic carbocycles. The van der Waals surface area contributed by atoms with Gasteiger partial charge in [-0.05, 0) is 66.6 Å². The van der Waals surface area contributed by atoms with E-state index in [1.54, 1.807) is 5.56 Å². The van der Waals surface area contributed by atoms with Gasteiger partial charge in [0.15, 0.2) is 12.3 Å². The lowest BCUT2D eigenvalue weighted by Crippen LogP contribution is -2.48. The minimum absolute atomic E-state index is 0.103. The van der Waals surface area contributed by atoms with Gasteiger partial charge < -0.3 is 29.6 Å². The lowest BCUT2D eigenvalue weighted by Gasteiger charge is -2.35. The number of anilines is 2. The zero-order valence-electron chi connectivity index (χ0n) is 29.2. The summed E-state index contributed by atoms with van der Waals surface area (Å²) in [7, 11) is 4.24. The van der Waals surface area contributed by atoms with Crippen LogP contribution in [0.1, 0.15) is 70.4 Å². The van der Waals surface area contributed by atoms with Crippen molar-refractivity contribution in [3.8, 4) is 0 Å². The molecule has 2 aliphatic heterocycles. The fourth-order valence-electron chi connectivity index (χ4n) is 5.59. The molecule has 2 aliphatic rings. The van der Waals surface area contributed by atoms with Crippen LogP contribution in [0, 0.1) is 5.92 Å². The minimum atomic E-state index is -0.518. The van der Waals surface area contributed by atoms with Crippen molar-refractivity contribution in [1.29, 1.82) is 0 Å². The molecule has 1 fully saturated rings. The van der Waals surface area contributed by atoms with E-state index >= 15 is 0 Å². The van der Waals surface area contributed by atoms with E-state index in [-0.39, 0.29) is 24.8 Å². The molecule has 0 aliphatic carbocycles. The second-order valence-electron chi connectivity index (χ2n) is 12.0. The van der Waals surface area contributed by atoms with Crippen LogP contribution >= 0.6 is 24.1 Å². The van der Waals surface area contributed by atoms with Crippen molar-refractivity contribution in [3.63, 3.8) is 0 Å². The number of benzene rings is 3. The number of nitrogens with one attached hydrogen (secondary N) is 2. The Morgan fingerprint density at radius 2 is 1.77 bits per heavy atom. The highest BCUT2D eigenvalue weighted by atomic mass is 32.2. The van der Waals surface area contributed by atoms with E-state index in [1.807, 2.05) is 74.5 Å². The van der Waals surface area contributed by atoms with Gasteiger partial charge in [0.05, 0.1) is 25.4 Å². The first-order chi connectivity index (χ1) is 23.4. The van der Waals surface area contributed by atoms with E-state index < -0.39 is 6.23 Å². The highest BCUT2D eigenvalue weighted by Gasteiger charge is 2.31. The summed E-state index contributed by atoms with van der Waals surface area (Å²) in [6, 6.07) is 25.7. The SMILES string of the molecule is CC.CCCC[C@H]1CCc2cc(N(C)C)ccc2SC1.O=C(Nc1ccccc1)NC1CC(OCc2ccccc2)CC(COSO)O1. The molecule has 3 unspecified atom stereocenters. The van der Waals surface area contributed by atoms with Gasteiger partial charge in [-0.25, -0.2) is 4.79 Å². The first kappa shape index (κ1) is 39.7. The van der Waals surface area contributed by atoms with Crippen molar-refractivity contribution in [2.75, 3.05) is 36.7 Å². The summed E-state index contributed by atoms with van der Waals surface area (Å²) in [4.78, 5) is 16.0. The molecular weight excluding hydrogens is 643 g/mol. The molecule has 4 atom stereocenters. The van der Waals surface area contributed by atoms with Crippen molar-refractivity contribution in [2.24, 2.45) is 5.92 Å². The van der Waals surface area contributed by atoms with Crippen molar-refractivity contribution in [3.05, 3.63) is 90.0 Å². The third-order valence-corrected chi connectivity index (χ3v) is 9.73. The molecule has 0 aromatic heterocycles. The normalized spacial score (nSPS) is 20.0. The number of fused-ring (bicyclic) bond motifs is 1. The molecule has 0 saturated carbocycles. The molecule has 3 aromatic rings. The molecular formula is C38H55N3O5S2. The maximum atomic E-state index is 12.3. The van der Waals surface area contributed by atoms with Crippen LogP contribution in [-0.4, -0.2) is 55.5 Å². The molecule has 8 nitrogen and oxygen atoms in total. The maximum absolute atomic E-state index is 12.3. The molecule has 2 heterocycles. The van der Waals surface area contributed by atoms with Crippen molar-refractivity contribution < 1.29 is 23.0 Å². The zero-order chi connectivity index (χ0) is 34.6. The molecule has 264 valence electrons. The Balaban J connectivity index is 0.000000269. The monoisotopic (exact) mass is 697 g/mol. The molecule has 48 heavy (non-hydrogen) atoms. The second-order valence-corrected chi connectivity index (χ2v) is 13.5. The summed E-state index contributed by atoms with van der Waals surface area (Å²) >= 11 is 2.37. The number of amides is 2. The molecule has 2 amide bonds. The van der Waals surface area contributed by atoms with Crippen LogP contribution in [-0.2, 0) is 26.7 Å². The quantitative estimate of drug-likeness (QED) is 0.161. The van der Waals surface area contributed by atoms with Crippen LogP contribution in [0.2, 0.25) is 0 Å². The summed E-state index contributed by atoms with van der Waals surface area (Å²) in [6.07, 6.45) is 7.00. The van der Waals surface area contributed by atoms with E-state index in [0.717, 1.165) is 11.5 Å². The Kier molecular flexibility index (Phi) is 18.9. The second kappa shape index (κ2) is 22.8. The standard InChI is InChI=1S/C20H24N2O5S.C16H25NS.C2H6/c23-20(21-16-9-5-2-6-10-16)22-19-12-17(11-18(27-19)14-26-28-24)25-13-15-7-3-1-4-8-15;1-4-5-6-13-7-8-14-11-15(17(2)3)9-10-16(14)18-12-13;1-2/h1-10,17-19,24H,11-14H2,(H2,21,22,23);9-11,13H,4-8,12H2,1-3H3;1-2H3/t;13-;/m.0./s1. The number of rotatable bonds is 12. The minimum Gasteiger partial charge on any atom is -0.378 e. The number of hydrogen-bond acceptors (Lipinski definition) is 8. The largest absolute Gasteiger partial charge is 0.378 e. The lowest BCUT2D eigenvalue weighted by molar-refractivity contribution is -0.133. The number of thioether (sulfide) groups is 1. The van der Waals surface area contributed by atoms with Gasteiger partial charge in [0.1, 0.15) is 6.23 Å². The maximum Gasteiger partial charge on any atom is 0.321 e. The summed E-state index contributed by atoms with van der Waals surface area (Å²) in [5.41, 5.74) is 4.68. The fraction of sp³-hybridized carbons (Fsp3) is 0.500. The van der Waals surface area contributed by atoms with Crippen molar-refractivity contribution >= 4 is 41.5 Å². The van der Waals surface area contributed by atoms with Crippen LogP contribution in [0.3, 0.4) is 0 Å². The molecule has 0 spiro atoms. The fourth-order valence-corrected chi connectivity index (χ4v) is 7.06. The van der Waals surface area contributed by atoms with E-state index in [9.17, 15) is 4.79 Å². The first-order valence-electron chi connectivity index (χ1n) is 17.2. The van der Waals surface area contributed by atoms with E-state index in [2.05, 4.69) is 66.5 Å². The van der Waals surface area contributed by atoms with Gasteiger partial charge in [-0.2, -0.15) is 0 Å². The van der Waals surface area contributed by atoms with E-state index in [1.165, 1.54) is 48.4 Å². The molecule has 10 heteroatoms. The third-order valence-electron chi connectivity index (χ3n) is 8.14. The van der Waals surface area contributed by atoms with E-state index in [0.29, 0.717) is 37.5 Å². The summed E-state index contributed by atoms with van der Waals surface area (Å²) < 4.78 is 25.7. The summed E-state index contributed by atoms with van der Waals surface area (Å²) in [5.74, 6) is 2.24. The third kappa shape index (κ3) is 14.4. The van der Waals surface area contributed by atoms with Gasteiger partial charge in [-0.1, -0.05) is 82.1 Å². The van der Waals surface area contributed by atoms with Crippen molar-refractivity contribution in [1.82, 2.24) is 5.32 Å². The van der Waals surface area contributed by atoms with E-state index in [4.69, 9.17) is 18.2 Å². The van der Waals surface area contributed by atoms with Gasteiger partial charge in [0, 0.05) is 49.0 Å². The Bertz CT molecular complexity index is 1300.